The van der Waals surface area contributed by atoms with Crippen molar-refractivity contribution in [2.75, 3.05) is 26.0 Å². The Morgan fingerprint density at radius 3 is 2.68 bits per heavy atom. The molecule has 0 unspecified atom stereocenters. The molecule has 0 bridgehead atoms. The standard InChI is InChI=1S/C15H15Cl2NO3S/c1-21-15(20)13-9-18(7-8-22-13)14(19)6-5-10-11(16)3-2-4-12(10)17/h2-6,13H,7-9H2,1H3/b6-5+/t13-/m1/s1. The second-order valence-corrected chi connectivity index (χ2v) is 6.76. The highest BCUT2D eigenvalue weighted by Crippen LogP contribution is 2.26. The van der Waals surface area contributed by atoms with Crippen LogP contribution in [0.2, 0.25) is 10.0 Å². The molecular formula is C15H15Cl2NO3S. The van der Waals surface area contributed by atoms with Crippen LogP contribution in [0.5, 0.6) is 0 Å². The van der Waals surface area contributed by atoms with Crippen molar-refractivity contribution in [1.82, 2.24) is 4.90 Å². The van der Waals surface area contributed by atoms with Gasteiger partial charge in [-0.05, 0) is 18.2 Å². The van der Waals surface area contributed by atoms with Crippen molar-refractivity contribution in [3.8, 4) is 0 Å². The van der Waals surface area contributed by atoms with Gasteiger partial charge in [0.25, 0.3) is 0 Å². The van der Waals surface area contributed by atoms with Gasteiger partial charge in [0.1, 0.15) is 5.25 Å². The molecule has 1 aliphatic heterocycles. The predicted molar refractivity (Wildman–Crippen MR) is 90.3 cm³/mol. The van der Waals surface area contributed by atoms with Crippen LogP contribution >= 0.6 is 35.0 Å². The number of halogens is 2. The van der Waals surface area contributed by atoms with Crippen molar-refractivity contribution in [3.63, 3.8) is 0 Å². The number of hydrogen-bond donors (Lipinski definition) is 0. The van der Waals surface area contributed by atoms with Gasteiger partial charge >= 0.3 is 5.97 Å². The van der Waals surface area contributed by atoms with E-state index in [1.807, 2.05) is 0 Å². The molecule has 1 saturated heterocycles. The van der Waals surface area contributed by atoms with E-state index >= 15 is 0 Å². The molecule has 1 amide bonds. The smallest absolute Gasteiger partial charge is 0.320 e. The van der Waals surface area contributed by atoms with Crippen molar-refractivity contribution < 1.29 is 14.3 Å². The second-order valence-electron chi connectivity index (χ2n) is 4.64. The minimum absolute atomic E-state index is 0.176. The van der Waals surface area contributed by atoms with Crippen LogP contribution in [-0.4, -0.2) is 48.0 Å². The third-order valence-electron chi connectivity index (χ3n) is 3.23. The van der Waals surface area contributed by atoms with Crippen molar-refractivity contribution >= 4 is 52.9 Å². The minimum atomic E-state index is -0.333. The number of ether oxygens (including phenoxy) is 1. The second kappa shape index (κ2) is 7.90. The fourth-order valence-corrected chi connectivity index (χ4v) is 3.70. The van der Waals surface area contributed by atoms with E-state index in [1.54, 1.807) is 29.2 Å². The summed E-state index contributed by atoms with van der Waals surface area (Å²) in [5, 5.41) is 0.636. The zero-order chi connectivity index (χ0) is 16.1. The van der Waals surface area contributed by atoms with Crippen LogP contribution in [0.4, 0.5) is 0 Å². The summed E-state index contributed by atoms with van der Waals surface area (Å²) in [5.41, 5.74) is 0.607. The zero-order valence-corrected chi connectivity index (χ0v) is 14.2. The Morgan fingerprint density at radius 2 is 2.05 bits per heavy atom. The van der Waals surface area contributed by atoms with Gasteiger partial charge in [-0.25, -0.2) is 0 Å². The summed E-state index contributed by atoms with van der Waals surface area (Å²) in [7, 11) is 1.35. The number of methoxy groups -OCH3 is 1. The first kappa shape index (κ1) is 17.2. The summed E-state index contributed by atoms with van der Waals surface area (Å²) in [5.74, 6) is 0.220. The third kappa shape index (κ3) is 4.18. The van der Waals surface area contributed by atoms with Crippen LogP contribution in [-0.2, 0) is 14.3 Å². The number of esters is 1. The molecule has 1 atom stereocenters. The van der Waals surface area contributed by atoms with Gasteiger partial charge in [0.05, 0.1) is 7.11 Å². The van der Waals surface area contributed by atoms with Crippen LogP contribution in [0, 0.1) is 0 Å². The van der Waals surface area contributed by atoms with Gasteiger partial charge in [-0.2, -0.15) is 0 Å². The Hall–Kier alpha value is -1.17. The van der Waals surface area contributed by atoms with Crippen molar-refractivity contribution in [2.45, 2.75) is 5.25 Å². The molecule has 1 aromatic rings. The van der Waals surface area contributed by atoms with Crippen LogP contribution in [0.15, 0.2) is 24.3 Å². The van der Waals surface area contributed by atoms with Gasteiger partial charge in [-0.1, -0.05) is 29.3 Å². The summed E-state index contributed by atoms with van der Waals surface area (Å²) in [6.45, 7) is 0.939. The largest absolute Gasteiger partial charge is 0.468 e. The van der Waals surface area contributed by atoms with Gasteiger partial charge in [0, 0.05) is 40.5 Å². The highest BCUT2D eigenvalue weighted by Gasteiger charge is 2.28. The van der Waals surface area contributed by atoms with Gasteiger partial charge in [0.15, 0.2) is 0 Å². The highest BCUT2D eigenvalue weighted by atomic mass is 35.5. The average Bonchev–Trinajstić information content (AvgIpc) is 2.53. The summed E-state index contributed by atoms with van der Waals surface area (Å²) >= 11 is 13.6. The van der Waals surface area contributed by atoms with Crippen molar-refractivity contribution in [3.05, 3.63) is 39.9 Å². The molecule has 1 aliphatic rings. The molecule has 2 rings (SSSR count). The Balaban J connectivity index is 2.05. The fraction of sp³-hybridized carbons (Fsp3) is 0.333. The van der Waals surface area contributed by atoms with Crippen LogP contribution in [0.25, 0.3) is 6.08 Å². The number of benzene rings is 1. The first-order chi connectivity index (χ1) is 10.5. The molecule has 1 heterocycles. The number of rotatable bonds is 3. The molecule has 1 aromatic carbocycles. The highest BCUT2D eigenvalue weighted by molar-refractivity contribution is 8.00. The predicted octanol–water partition coefficient (Wildman–Crippen LogP) is 3.12. The van der Waals surface area contributed by atoms with Gasteiger partial charge < -0.3 is 9.64 Å². The SMILES string of the molecule is COC(=O)[C@H]1CN(C(=O)/C=C/c2c(Cl)cccc2Cl)CCS1. The van der Waals surface area contributed by atoms with E-state index in [2.05, 4.69) is 0 Å². The molecule has 0 N–H and O–H groups in total. The summed E-state index contributed by atoms with van der Waals surface area (Å²) in [6.07, 6.45) is 3.03. The maximum absolute atomic E-state index is 12.2. The van der Waals surface area contributed by atoms with Crippen LogP contribution in [0.3, 0.4) is 0 Å². The number of carbonyl (C=O) groups is 2. The van der Waals surface area contributed by atoms with E-state index in [0.717, 1.165) is 0 Å². The lowest BCUT2D eigenvalue weighted by Gasteiger charge is -2.30. The maximum atomic E-state index is 12.2. The average molecular weight is 360 g/mol. The lowest BCUT2D eigenvalue weighted by atomic mass is 10.2. The molecule has 0 saturated carbocycles. The Kier molecular flexibility index (Phi) is 6.17. The van der Waals surface area contributed by atoms with E-state index in [1.165, 1.54) is 24.9 Å². The van der Waals surface area contributed by atoms with E-state index < -0.39 is 0 Å². The summed E-state index contributed by atoms with van der Waals surface area (Å²) in [6, 6.07) is 5.16. The zero-order valence-electron chi connectivity index (χ0n) is 11.9. The molecule has 0 aliphatic carbocycles. The first-order valence-corrected chi connectivity index (χ1v) is 8.44. The number of thioether (sulfide) groups is 1. The normalized spacial score (nSPS) is 18.5. The first-order valence-electron chi connectivity index (χ1n) is 6.63. The monoisotopic (exact) mass is 359 g/mol. The molecule has 0 aromatic heterocycles. The Morgan fingerprint density at radius 1 is 1.36 bits per heavy atom. The number of hydrogen-bond acceptors (Lipinski definition) is 4. The molecule has 4 nitrogen and oxygen atoms in total. The number of amides is 1. The lowest BCUT2D eigenvalue weighted by Crippen LogP contribution is -2.44. The minimum Gasteiger partial charge on any atom is -0.468 e. The molecule has 1 fully saturated rings. The van der Waals surface area contributed by atoms with E-state index in [0.29, 0.717) is 34.5 Å². The van der Waals surface area contributed by atoms with Gasteiger partial charge in [0.2, 0.25) is 5.91 Å². The Bertz CT molecular complexity index is 586. The number of nitrogens with zero attached hydrogens (tertiary/aromatic N) is 1. The third-order valence-corrected chi connectivity index (χ3v) is 5.06. The van der Waals surface area contributed by atoms with Gasteiger partial charge in [-0.3, -0.25) is 9.59 Å². The van der Waals surface area contributed by atoms with Crippen LogP contribution < -0.4 is 0 Å². The molecule has 0 spiro atoms. The summed E-state index contributed by atoms with van der Waals surface area (Å²) < 4.78 is 4.73. The molecule has 7 heteroatoms. The number of carbonyl (C=O) groups excluding carboxylic acids is 2. The topological polar surface area (TPSA) is 46.6 Å². The molecular weight excluding hydrogens is 345 g/mol. The molecule has 118 valence electrons. The Labute approximate surface area is 143 Å². The lowest BCUT2D eigenvalue weighted by molar-refractivity contribution is -0.140. The molecule has 0 radical (unpaired) electrons. The maximum Gasteiger partial charge on any atom is 0.320 e. The van der Waals surface area contributed by atoms with Crippen LogP contribution in [0.1, 0.15) is 5.56 Å². The van der Waals surface area contributed by atoms with E-state index in [-0.39, 0.29) is 17.1 Å². The molecule has 22 heavy (non-hydrogen) atoms. The van der Waals surface area contributed by atoms with E-state index in [9.17, 15) is 9.59 Å². The fourth-order valence-electron chi connectivity index (χ4n) is 2.05. The van der Waals surface area contributed by atoms with Gasteiger partial charge in [-0.15, -0.1) is 11.8 Å². The quantitative estimate of drug-likeness (QED) is 0.614. The van der Waals surface area contributed by atoms with Crippen molar-refractivity contribution in [2.24, 2.45) is 0 Å². The van der Waals surface area contributed by atoms with Crippen molar-refractivity contribution in [1.29, 1.82) is 0 Å². The summed E-state index contributed by atoms with van der Waals surface area (Å²) in [4.78, 5) is 25.4. The van der Waals surface area contributed by atoms with E-state index in [4.69, 9.17) is 27.9 Å².